The maximum atomic E-state index is 14.0. The monoisotopic (exact) mass is 477 g/mol. The van der Waals surface area contributed by atoms with E-state index in [0.29, 0.717) is 5.91 Å². The Kier molecular flexibility index (Phi) is 10.5. The van der Waals surface area contributed by atoms with Gasteiger partial charge in [-0.3, -0.25) is 14.4 Å². The molecule has 3 saturated heterocycles. The SMILES string of the molecule is CN1CCC(C(=O)N2CC[C@@]3(CO)CCCN(C)[C@@H]3C2)(c2ccccc2)CC1.O=CO.O=CO. The number of carbonyl (C=O) groups excluding carboxylic acids is 1. The number of nitrogens with zero attached hydrogens (tertiary/aromatic N) is 3. The van der Waals surface area contributed by atoms with Crippen molar-refractivity contribution in [3.63, 3.8) is 0 Å². The van der Waals surface area contributed by atoms with Crippen LogP contribution in [-0.2, 0) is 19.8 Å². The van der Waals surface area contributed by atoms with E-state index in [1.165, 1.54) is 5.56 Å². The van der Waals surface area contributed by atoms with E-state index in [9.17, 15) is 9.90 Å². The number of carboxylic acid groups (broad SMARTS) is 2. The molecule has 0 aliphatic carbocycles. The van der Waals surface area contributed by atoms with Crippen LogP contribution >= 0.6 is 0 Å². The molecule has 0 aromatic heterocycles. The number of aliphatic hydroxyl groups excluding tert-OH is 1. The van der Waals surface area contributed by atoms with Crippen LogP contribution in [0.2, 0.25) is 0 Å². The summed E-state index contributed by atoms with van der Waals surface area (Å²) in [5, 5.41) is 24.0. The van der Waals surface area contributed by atoms with Crippen molar-refractivity contribution in [3.05, 3.63) is 35.9 Å². The van der Waals surface area contributed by atoms with E-state index in [0.717, 1.165) is 64.8 Å². The Morgan fingerprint density at radius 2 is 1.56 bits per heavy atom. The van der Waals surface area contributed by atoms with Crippen LogP contribution < -0.4 is 0 Å². The molecule has 34 heavy (non-hydrogen) atoms. The number of piperidine rings is 3. The lowest BCUT2D eigenvalue weighted by Gasteiger charge is -2.55. The van der Waals surface area contributed by atoms with Gasteiger partial charge in [-0.05, 0) is 71.4 Å². The van der Waals surface area contributed by atoms with Gasteiger partial charge in [0.25, 0.3) is 12.9 Å². The first-order valence-electron chi connectivity index (χ1n) is 11.8. The smallest absolute Gasteiger partial charge is 0.290 e. The zero-order chi connectivity index (χ0) is 25.2. The number of fused-ring (bicyclic) bond motifs is 1. The fourth-order valence-electron chi connectivity index (χ4n) is 5.89. The summed E-state index contributed by atoms with van der Waals surface area (Å²) >= 11 is 0. The molecule has 0 radical (unpaired) electrons. The van der Waals surface area contributed by atoms with Gasteiger partial charge in [-0.1, -0.05) is 30.3 Å². The van der Waals surface area contributed by atoms with Crippen LogP contribution in [0.4, 0.5) is 0 Å². The van der Waals surface area contributed by atoms with E-state index < -0.39 is 5.41 Å². The highest BCUT2D eigenvalue weighted by molar-refractivity contribution is 5.88. The van der Waals surface area contributed by atoms with Crippen molar-refractivity contribution in [3.8, 4) is 0 Å². The van der Waals surface area contributed by atoms with E-state index in [1.54, 1.807) is 0 Å². The summed E-state index contributed by atoms with van der Waals surface area (Å²) in [5.74, 6) is 0.303. The predicted octanol–water partition coefficient (Wildman–Crippen LogP) is 1.36. The zero-order valence-electron chi connectivity index (χ0n) is 20.3. The van der Waals surface area contributed by atoms with Crippen molar-refractivity contribution in [2.75, 3.05) is 53.4 Å². The number of hydrogen-bond donors (Lipinski definition) is 3. The Bertz CT molecular complexity index is 778. The van der Waals surface area contributed by atoms with E-state index in [1.807, 2.05) is 6.07 Å². The van der Waals surface area contributed by atoms with Gasteiger partial charge in [0.15, 0.2) is 0 Å². The molecule has 9 nitrogen and oxygen atoms in total. The molecule has 1 aromatic rings. The minimum absolute atomic E-state index is 0.0313. The third-order valence-corrected chi connectivity index (χ3v) is 7.88. The van der Waals surface area contributed by atoms with Gasteiger partial charge in [0, 0.05) is 24.5 Å². The predicted molar refractivity (Wildman–Crippen MR) is 129 cm³/mol. The number of benzene rings is 1. The topological polar surface area (TPSA) is 122 Å². The number of aliphatic hydroxyl groups is 1. The molecule has 3 aliphatic rings. The van der Waals surface area contributed by atoms with Crippen LogP contribution in [0.15, 0.2) is 30.3 Å². The Morgan fingerprint density at radius 1 is 0.971 bits per heavy atom. The van der Waals surface area contributed by atoms with Gasteiger partial charge in [0.05, 0.1) is 12.0 Å². The van der Waals surface area contributed by atoms with Gasteiger partial charge >= 0.3 is 0 Å². The van der Waals surface area contributed by atoms with Crippen molar-refractivity contribution >= 4 is 18.9 Å². The molecule has 190 valence electrons. The molecule has 0 spiro atoms. The second-order valence-corrected chi connectivity index (χ2v) is 9.58. The van der Waals surface area contributed by atoms with E-state index in [4.69, 9.17) is 19.8 Å². The minimum Gasteiger partial charge on any atom is -0.483 e. The summed E-state index contributed by atoms with van der Waals surface area (Å²) in [6.07, 6.45) is 4.90. The number of rotatable bonds is 3. The van der Waals surface area contributed by atoms with Crippen molar-refractivity contribution in [1.82, 2.24) is 14.7 Å². The largest absolute Gasteiger partial charge is 0.483 e. The van der Waals surface area contributed by atoms with Gasteiger partial charge in [0.1, 0.15) is 0 Å². The second-order valence-electron chi connectivity index (χ2n) is 9.58. The lowest BCUT2D eigenvalue weighted by Crippen LogP contribution is -2.64. The van der Waals surface area contributed by atoms with Crippen LogP contribution in [0, 0.1) is 5.41 Å². The Morgan fingerprint density at radius 3 is 2.12 bits per heavy atom. The summed E-state index contributed by atoms with van der Waals surface area (Å²) in [6.45, 7) is 4.23. The van der Waals surface area contributed by atoms with Crippen molar-refractivity contribution in [1.29, 1.82) is 0 Å². The molecular weight excluding hydrogens is 438 g/mol. The molecular formula is C25H39N3O6. The van der Waals surface area contributed by atoms with E-state index in [2.05, 4.69) is 53.1 Å². The maximum absolute atomic E-state index is 14.0. The first kappa shape index (κ1) is 27.8. The van der Waals surface area contributed by atoms with Gasteiger partial charge in [0.2, 0.25) is 5.91 Å². The standard InChI is InChI=1S/C23H35N3O2.2CH2O2/c1-24-14-11-23(12-15-24,19-7-4-3-5-8-19)21(28)26-16-10-22(18-27)9-6-13-25(2)20(22)17-26;2*2-1-3/h3-5,7-8,20,27H,6,9-18H2,1-2H3;2*1H,(H,2,3)/t20-,22-;;/m1../s1. The average molecular weight is 478 g/mol. The maximum Gasteiger partial charge on any atom is 0.290 e. The summed E-state index contributed by atoms with van der Waals surface area (Å²) in [7, 11) is 4.30. The number of amides is 1. The van der Waals surface area contributed by atoms with Crippen LogP contribution in [0.25, 0.3) is 0 Å². The van der Waals surface area contributed by atoms with Crippen LogP contribution in [-0.4, -0.2) is 108 Å². The zero-order valence-corrected chi connectivity index (χ0v) is 20.3. The molecule has 3 N–H and O–H groups in total. The number of hydrogen-bond acceptors (Lipinski definition) is 6. The van der Waals surface area contributed by atoms with E-state index in [-0.39, 0.29) is 31.0 Å². The highest BCUT2D eigenvalue weighted by atomic mass is 16.3. The molecule has 9 heteroatoms. The number of likely N-dealkylation sites (tertiary alicyclic amines) is 3. The van der Waals surface area contributed by atoms with Gasteiger partial charge in [-0.2, -0.15) is 0 Å². The summed E-state index contributed by atoms with van der Waals surface area (Å²) in [5.41, 5.74) is 0.737. The summed E-state index contributed by atoms with van der Waals surface area (Å²) in [6, 6.07) is 10.7. The van der Waals surface area contributed by atoms with Crippen LogP contribution in [0.5, 0.6) is 0 Å². The van der Waals surface area contributed by atoms with E-state index >= 15 is 0 Å². The molecule has 2 atom stereocenters. The highest BCUT2D eigenvalue weighted by Crippen LogP contribution is 2.44. The normalized spacial score (nSPS) is 26.6. The molecule has 0 saturated carbocycles. The minimum atomic E-state index is -0.403. The fraction of sp³-hybridized carbons (Fsp3) is 0.640. The van der Waals surface area contributed by atoms with Crippen LogP contribution in [0.1, 0.15) is 37.7 Å². The average Bonchev–Trinajstić information content (AvgIpc) is 2.86. The Labute approximate surface area is 202 Å². The Balaban J connectivity index is 0.000000618. The molecule has 3 aliphatic heterocycles. The lowest BCUT2D eigenvalue weighted by atomic mass is 9.67. The Hall–Kier alpha value is -2.49. The molecule has 0 unspecified atom stereocenters. The fourth-order valence-corrected chi connectivity index (χ4v) is 5.89. The molecule has 4 rings (SSSR count). The molecule has 3 fully saturated rings. The van der Waals surface area contributed by atoms with Crippen molar-refractivity contribution in [2.45, 2.75) is 43.6 Å². The van der Waals surface area contributed by atoms with Crippen molar-refractivity contribution in [2.24, 2.45) is 5.41 Å². The summed E-state index contributed by atoms with van der Waals surface area (Å²) < 4.78 is 0. The molecule has 1 amide bonds. The summed E-state index contributed by atoms with van der Waals surface area (Å²) in [4.78, 5) is 37.5. The van der Waals surface area contributed by atoms with Gasteiger partial charge in [-0.15, -0.1) is 0 Å². The lowest BCUT2D eigenvalue weighted by molar-refractivity contribution is -0.147. The molecule has 0 bridgehead atoms. The van der Waals surface area contributed by atoms with Gasteiger partial charge < -0.3 is 30.0 Å². The third-order valence-electron chi connectivity index (χ3n) is 7.88. The second kappa shape index (κ2) is 12.8. The number of likely N-dealkylation sites (N-methyl/N-ethyl adjacent to an activating group) is 1. The quantitative estimate of drug-likeness (QED) is 0.558. The first-order chi connectivity index (χ1) is 16.3. The molecule has 1 aromatic carbocycles. The highest BCUT2D eigenvalue weighted by Gasteiger charge is 2.51. The van der Waals surface area contributed by atoms with Crippen molar-refractivity contribution < 1.29 is 29.7 Å². The number of carbonyl (C=O) groups is 3. The third kappa shape index (κ3) is 5.95. The molecule has 3 heterocycles. The first-order valence-corrected chi connectivity index (χ1v) is 11.8. The van der Waals surface area contributed by atoms with Crippen LogP contribution in [0.3, 0.4) is 0 Å². The van der Waals surface area contributed by atoms with Gasteiger partial charge in [-0.25, -0.2) is 0 Å².